The molecule has 1 aromatic heterocycles. The fourth-order valence-electron chi connectivity index (χ4n) is 3.13. The first-order valence-electron chi connectivity index (χ1n) is 7.76. The molecule has 2 rings (SSSR count). The minimum atomic E-state index is 0.111. The number of hydrogen-bond donors (Lipinski definition) is 2. The Morgan fingerprint density at radius 3 is 2.50 bits per heavy atom. The van der Waals surface area contributed by atoms with Crippen LogP contribution in [0.15, 0.2) is 6.20 Å². The van der Waals surface area contributed by atoms with Crippen molar-refractivity contribution in [2.24, 2.45) is 5.41 Å². The SMILES string of the molecule is CCC1(CO)CCN(Cc2cn[nH]c2C(C)(C)C)CC1. The van der Waals surface area contributed by atoms with E-state index in [-0.39, 0.29) is 10.8 Å². The number of piperidine rings is 1. The number of likely N-dealkylation sites (tertiary alicyclic amines) is 1. The molecule has 0 unspecified atom stereocenters. The van der Waals surface area contributed by atoms with Crippen LogP contribution in [0.25, 0.3) is 0 Å². The van der Waals surface area contributed by atoms with Gasteiger partial charge in [-0.25, -0.2) is 0 Å². The van der Waals surface area contributed by atoms with E-state index in [4.69, 9.17) is 0 Å². The summed E-state index contributed by atoms with van der Waals surface area (Å²) in [5.41, 5.74) is 2.83. The highest BCUT2D eigenvalue weighted by atomic mass is 16.3. The van der Waals surface area contributed by atoms with Crippen molar-refractivity contribution in [2.45, 2.75) is 58.9 Å². The molecule has 0 amide bonds. The molecule has 4 nitrogen and oxygen atoms in total. The summed E-state index contributed by atoms with van der Waals surface area (Å²) in [6.07, 6.45) is 5.25. The van der Waals surface area contributed by atoms with Crippen LogP contribution in [0.4, 0.5) is 0 Å². The maximum absolute atomic E-state index is 9.60. The number of H-pyrrole nitrogens is 1. The third-order valence-electron chi connectivity index (χ3n) is 4.86. The topological polar surface area (TPSA) is 52.1 Å². The average Bonchev–Trinajstić information content (AvgIpc) is 2.88. The quantitative estimate of drug-likeness (QED) is 0.891. The van der Waals surface area contributed by atoms with Crippen LogP contribution >= 0.6 is 0 Å². The van der Waals surface area contributed by atoms with E-state index in [2.05, 4.69) is 42.8 Å². The molecule has 0 aliphatic carbocycles. The van der Waals surface area contributed by atoms with Gasteiger partial charge in [-0.2, -0.15) is 5.10 Å². The van der Waals surface area contributed by atoms with Gasteiger partial charge in [0.1, 0.15) is 0 Å². The van der Waals surface area contributed by atoms with Gasteiger partial charge in [0, 0.05) is 29.8 Å². The molecule has 0 bridgehead atoms. The standard InChI is InChI=1S/C16H29N3O/c1-5-16(12-20)6-8-19(9-7-16)11-13-10-17-18-14(13)15(2,3)4/h10,20H,5-9,11-12H2,1-4H3,(H,17,18). The minimum Gasteiger partial charge on any atom is -0.396 e. The van der Waals surface area contributed by atoms with Crippen molar-refractivity contribution >= 4 is 0 Å². The zero-order valence-corrected chi connectivity index (χ0v) is 13.4. The Labute approximate surface area is 122 Å². The maximum Gasteiger partial charge on any atom is 0.0535 e. The first kappa shape index (κ1) is 15.5. The number of aromatic nitrogens is 2. The molecule has 1 fully saturated rings. The predicted molar refractivity (Wildman–Crippen MR) is 81.6 cm³/mol. The van der Waals surface area contributed by atoms with Crippen molar-refractivity contribution < 1.29 is 5.11 Å². The normalized spacial score (nSPS) is 20.2. The lowest BCUT2D eigenvalue weighted by Crippen LogP contribution is -2.41. The van der Waals surface area contributed by atoms with Gasteiger partial charge >= 0.3 is 0 Å². The fourth-order valence-corrected chi connectivity index (χ4v) is 3.13. The lowest BCUT2D eigenvalue weighted by atomic mass is 9.77. The van der Waals surface area contributed by atoms with Crippen molar-refractivity contribution in [3.8, 4) is 0 Å². The monoisotopic (exact) mass is 279 g/mol. The zero-order valence-electron chi connectivity index (χ0n) is 13.4. The van der Waals surface area contributed by atoms with E-state index in [1.165, 1.54) is 11.3 Å². The molecule has 1 aromatic rings. The third-order valence-corrected chi connectivity index (χ3v) is 4.86. The Morgan fingerprint density at radius 1 is 1.35 bits per heavy atom. The molecule has 114 valence electrons. The van der Waals surface area contributed by atoms with Crippen LogP contribution in [-0.4, -0.2) is 39.9 Å². The molecule has 2 heterocycles. The Morgan fingerprint density at radius 2 is 2.00 bits per heavy atom. The Balaban J connectivity index is 1.98. The number of aliphatic hydroxyl groups is 1. The summed E-state index contributed by atoms with van der Waals surface area (Å²) < 4.78 is 0. The number of nitrogens with zero attached hydrogens (tertiary/aromatic N) is 2. The molecule has 1 aliphatic heterocycles. The summed E-state index contributed by atoms with van der Waals surface area (Å²) in [6.45, 7) is 12.3. The van der Waals surface area contributed by atoms with E-state index in [9.17, 15) is 5.11 Å². The van der Waals surface area contributed by atoms with Gasteiger partial charge in [0.15, 0.2) is 0 Å². The molecule has 0 radical (unpaired) electrons. The lowest BCUT2D eigenvalue weighted by Gasteiger charge is -2.40. The molecule has 0 spiro atoms. The molecule has 4 heteroatoms. The van der Waals surface area contributed by atoms with Crippen molar-refractivity contribution in [1.29, 1.82) is 0 Å². The van der Waals surface area contributed by atoms with E-state index < -0.39 is 0 Å². The van der Waals surface area contributed by atoms with E-state index in [0.717, 1.165) is 38.9 Å². The minimum absolute atomic E-state index is 0.111. The Hall–Kier alpha value is -0.870. The van der Waals surface area contributed by atoms with Gasteiger partial charge in [0.2, 0.25) is 0 Å². The summed E-state index contributed by atoms with van der Waals surface area (Å²) in [7, 11) is 0. The van der Waals surface area contributed by atoms with E-state index in [0.29, 0.717) is 6.61 Å². The lowest BCUT2D eigenvalue weighted by molar-refractivity contribution is 0.0381. The van der Waals surface area contributed by atoms with E-state index >= 15 is 0 Å². The number of hydrogen-bond acceptors (Lipinski definition) is 3. The molecule has 1 saturated heterocycles. The number of aliphatic hydroxyl groups excluding tert-OH is 1. The molecule has 0 atom stereocenters. The van der Waals surface area contributed by atoms with Gasteiger partial charge in [-0.05, 0) is 37.8 Å². The van der Waals surface area contributed by atoms with Crippen molar-refractivity contribution in [2.75, 3.05) is 19.7 Å². The zero-order chi connectivity index (χ0) is 14.8. The van der Waals surface area contributed by atoms with Crippen molar-refractivity contribution in [1.82, 2.24) is 15.1 Å². The van der Waals surface area contributed by atoms with Crippen molar-refractivity contribution in [3.05, 3.63) is 17.5 Å². The third kappa shape index (κ3) is 3.23. The average molecular weight is 279 g/mol. The first-order chi connectivity index (χ1) is 9.40. The van der Waals surface area contributed by atoms with E-state index in [1.54, 1.807) is 0 Å². The van der Waals surface area contributed by atoms with Crippen LogP contribution in [-0.2, 0) is 12.0 Å². The molecule has 20 heavy (non-hydrogen) atoms. The highest BCUT2D eigenvalue weighted by Gasteiger charge is 2.32. The predicted octanol–water partition coefficient (Wildman–Crippen LogP) is 2.69. The van der Waals surface area contributed by atoms with Gasteiger partial charge in [-0.1, -0.05) is 27.7 Å². The van der Waals surface area contributed by atoms with Crippen LogP contribution in [0.1, 0.15) is 58.2 Å². The molecule has 2 N–H and O–H groups in total. The second-order valence-electron chi connectivity index (χ2n) is 7.31. The second-order valence-corrected chi connectivity index (χ2v) is 7.31. The van der Waals surface area contributed by atoms with Gasteiger partial charge in [0.05, 0.1) is 6.20 Å². The van der Waals surface area contributed by atoms with Gasteiger partial charge in [0.25, 0.3) is 0 Å². The summed E-state index contributed by atoms with van der Waals surface area (Å²) in [6, 6.07) is 0. The number of rotatable bonds is 4. The molecular formula is C16H29N3O. The summed E-state index contributed by atoms with van der Waals surface area (Å²) in [4.78, 5) is 2.49. The smallest absolute Gasteiger partial charge is 0.0535 e. The van der Waals surface area contributed by atoms with Crippen LogP contribution in [0.2, 0.25) is 0 Å². The molecule has 0 aromatic carbocycles. The van der Waals surface area contributed by atoms with Crippen LogP contribution in [0, 0.1) is 5.41 Å². The Kier molecular flexibility index (Phi) is 4.55. The van der Waals surface area contributed by atoms with Gasteiger partial charge in [-0.3, -0.25) is 10.00 Å². The largest absolute Gasteiger partial charge is 0.396 e. The van der Waals surface area contributed by atoms with Crippen LogP contribution < -0.4 is 0 Å². The van der Waals surface area contributed by atoms with Crippen molar-refractivity contribution in [3.63, 3.8) is 0 Å². The van der Waals surface area contributed by atoms with E-state index in [1.807, 2.05) is 6.20 Å². The first-order valence-corrected chi connectivity index (χ1v) is 7.76. The molecule has 1 aliphatic rings. The molecule has 0 saturated carbocycles. The Bertz CT molecular complexity index is 419. The highest BCUT2D eigenvalue weighted by Crippen LogP contribution is 2.35. The summed E-state index contributed by atoms with van der Waals surface area (Å²) in [5, 5.41) is 17.0. The number of aromatic amines is 1. The van der Waals surface area contributed by atoms with Crippen LogP contribution in [0.3, 0.4) is 0 Å². The second kappa shape index (κ2) is 5.86. The molecular weight excluding hydrogens is 250 g/mol. The maximum atomic E-state index is 9.60. The summed E-state index contributed by atoms with van der Waals surface area (Å²) in [5.74, 6) is 0. The van der Waals surface area contributed by atoms with Gasteiger partial charge < -0.3 is 5.11 Å². The number of nitrogens with one attached hydrogen (secondary N) is 1. The van der Waals surface area contributed by atoms with Gasteiger partial charge in [-0.15, -0.1) is 0 Å². The fraction of sp³-hybridized carbons (Fsp3) is 0.812. The summed E-state index contributed by atoms with van der Waals surface area (Å²) >= 11 is 0. The van der Waals surface area contributed by atoms with Crippen LogP contribution in [0.5, 0.6) is 0 Å². The highest BCUT2D eigenvalue weighted by molar-refractivity contribution is 5.23.